The maximum Gasteiger partial charge on any atom is 0.227 e. The van der Waals surface area contributed by atoms with Gasteiger partial charge in [-0.1, -0.05) is 12.1 Å². The van der Waals surface area contributed by atoms with E-state index in [-0.39, 0.29) is 11.6 Å². The number of oxazole rings is 2. The number of fused-ring (bicyclic) bond motifs is 2. The first kappa shape index (κ1) is 21.8. The maximum absolute atomic E-state index is 13.5. The average molecular weight is 505 g/mol. The van der Waals surface area contributed by atoms with Crippen molar-refractivity contribution in [2.45, 2.75) is 9.79 Å². The summed E-state index contributed by atoms with van der Waals surface area (Å²) in [6, 6.07) is 23.3. The second kappa shape index (κ2) is 9.18. The van der Waals surface area contributed by atoms with Crippen molar-refractivity contribution in [1.29, 1.82) is 0 Å². The molecule has 6 rings (SSSR count). The summed E-state index contributed by atoms with van der Waals surface area (Å²) in [4.78, 5) is 10.5. The van der Waals surface area contributed by atoms with Crippen molar-refractivity contribution in [1.82, 2.24) is 9.97 Å². The highest BCUT2D eigenvalue weighted by molar-refractivity contribution is 8.07. The van der Waals surface area contributed by atoms with E-state index in [1.54, 1.807) is 24.3 Å². The predicted molar refractivity (Wildman–Crippen MR) is 132 cm³/mol. The SMILES string of the molecule is Fc1cccc(-c2nc3ccc(SOSc4ccc5nc(-c6cccc(F)c6)oc5c4)cc3o2)c1. The van der Waals surface area contributed by atoms with E-state index < -0.39 is 0 Å². The molecule has 35 heavy (non-hydrogen) atoms. The Labute approximate surface area is 206 Å². The Bertz CT molecular complexity index is 1560. The zero-order chi connectivity index (χ0) is 23.8. The minimum absolute atomic E-state index is 0.347. The Morgan fingerprint density at radius 1 is 0.600 bits per heavy atom. The molecular formula is C26H14F2N2O3S2. The molecular weight excluding hydrogens is 490 g/mol. The molecule has 0 unspecified atom stereocenters. The van der Waals surface area contributed by atoms with E-state index in [1.807, 2.05) is 36.4 Å². The van der Waals surface area contributed by atoms with Gasteiger partial charge >= 0.3 is 0 Å². The molecule has 0 fully saturated rings. The van der Waals surface area contributed by atoms with Gasteiger partial charge in [-0.15, -0.1) is 0 Å². The molecule has 2 aromatic heterocycles. The lowest BCUT2D eigenvalue weighted by molar-refractivity contribution is 0.610. The van der Waals surface area contributed by atoms with Gasteiger partial charge in [0.1, 0.15) is 22.7 Å². The third kappa shape index (κ3) is 4.66. The molecule has 172 valence electrons. The van der Waals surface area contributed by atoms with Crippen LogP contribution in [0.1, 0.15) is 0 Å². The fraction of sp³-hybridized carbons (Fsp3) is 0. The fourth-order valence-corrected chi connectivity index (χ4v) is 4.82. The molecule has 0 amide bonds. The van der Waals surface area contributed by atoms with E-state index in [4.69, 9.17) is 12.5 Å². The molecule has 6 aromatic rings. The van der Waals surface area contributed by atoms with Crippen molar-refractivity contribution in [2.75, 3.05) is 0 Å². The van der Waals surface area contributed by atoms with E-state index in [0.717, 1.165) is 9.79 Å². The molecule has 0 aliphatic carbocycles. The summed E-state index contributed by atoms with van der Waals surface area (Å²) in [5.41, 5.74) is 3.65. The minimum Gasteiger partial charge on any atom is -0.436 e. The third-order valence-electron chi connectivity index (χ3n) is 5.12. The Kier molecular flexibility index (Phi) is 5.73. The molecule has 0 aliphatic heterocycles. The summed E-state index contributed by atoms with van der Waals surface area (Å²) in [6.45, 7) is 0. The number of rotatable bonds is 6. The van der Waals surface area contributed by atoms with E-state index in [1.165, 1.54) is 48.4 Å². The van der Waals surface area contributed by atoms with Crippen molar-refractivity contribution in [3.63, 3.8) is 0 Å². The first-order valence-electron chi connectivity index (χ1n) is 10.4. The highest BCUT2D eigenvalue weighted by Gasteiger charge is 2.12. The van der Waals surface area contributed by atoms with Crippen LogP contribution < -0.4 is 0 Å². The Morgan fingerprint density at radius 3 is 1.54 bits per heavy atom. The molecule has 0 radical (unpaired) electrons. The summed E-state index contributed by atoms with van der Waals surface area (Å²) in [5, 5.41) is 0. The largest absolute Gasteiger partial charge is 0.436 e. The molecule has 0 atom stereocenters. The van der Waals surface area contributed by atoms with Crippen LogP contribution in [0.3, 0.4) is 0 Å². The molecule has 5 nitrogen and oxygen atoms in total. The topological polar surface area (TPSA) is 61.3 Å². The van der Waals surface area contributed by atoms with Gasteiger partial charge in [0.25, 0.3) is 0 Å². The standard InChI is InChI=1S/C26H14F2N2O3S2/c27-17-5-1-3-15(11-17)25-29-21-9-7-19(13-23(21)31-25)34-33-35-20-8-10-22-24(14-20)32-26(30-22)16-4-2-6-18(28)12-16/h1-14H. The van der Waals surface area contributed by atoms with Crippen LogP contribution in [-0.4, -0.2) is 9.97 Å². The van der Waals surface area contributed by atoms with Crippen molar-refractivity contribution >= 4 is 46.3 Å². The lowest BCUT2D eigenvalue weighted by Crippen LogP contribution is -1.78. The van der Waals surface area contributed by atoms with Crippen LogP contribution in [0.2, 0.25) is 0 Å². The van der Waals surface area contributed by atoms with Gasteiger partial charge in [0.15, 0.2) is 11.2 Å². The van der Waals surface area contributed by atoms with E-state index >= 15 is 0 Å². The van der Waals surface area contributed by atoms with Crippen molar-refractivity contribution < 1.29 is 21.2 Å². The van der Waals surface area contributed by atoms with Gasteiger partial charge in [-0.25, -0.2) is 22.4 Å². The molecule has 0 saturated carbocycles. The van der Waals surface area contributed by atoms with Gasteiger partial charge in [-0.2, -0.15) is 0 Å². The monoisotopic (exact) mass is 504 g/mol. The molecule has 0 aliphatic rings. The molecule has 0 bridgehead atoms. The van der Waals surface area contributed by atoms with E-state index in [9.17, 15) is 8.78 Å². The smallest absolute Gasteiger partial charge is 0.227 e. The van der Waals surface area contributed by atoms with E-state index in [2.05, 4.69) is 9.97 Å². The number of hydrogen-bond donors (Lipinski definition) is 0. The van der Waals surface area contributed by atoms with Crippen molar-refractivity contribution in [2.24, 2.45) is 0 Å². The number of benzene rings is 4. The summed E-state index contributed by atoms with van der Waals surface area (Å²) >= 11 is 2.35. The van der Waals surface area contributed by atoms with Crippen LogP contribution in [0, 0.1) is 11.6 Å². The minimum atomic E-state index is -0.347. The summed E-state index contributed by atoms with van der Waals surface area (Å²) in [6.07, 6.45) is 0. The number of aromatic nitrogens is 2. The molecule has 0 spiro atoms. The van der Waals surface area contributed by atoms with Crippen LogP contribution in [-0.2, 0) is 3.63 Å². The predicted octanol–water partition coefficient (Wildman–Crippen LogP) is 8.31. The van der Waals surface area contributed by atoms with Gasteiger partial charge in [-0.05, 0) is 72.8 Å². The molecule has 0 saturated heterocycles. The molecule has 9 heteroatoms. The number of hydrogen-bond acceptors (Lipinski definition) is 7. The third-order valence-corrected chi connectivity index (χ3v) is 6.56. The number of nitrogens with zero attached hydrogens (tertiary/aromatic N) is 2. The Hall–Kier alpha value is -3.66. The Balaban J connectivity index is 1.15. The van der Waals surface area contributed by atoms with Crippen LogP contribution in [0.5, 0.6) is 0 Å². The molecule has 4 aromatic carbocycles. The second-order valence-corrected chi connectivity index (χ2v) is 9.37. The Morgan fingerprint density at radius 2 is 1.09 bits per heavy atom. The van der Waals surface area contributed by atoms with Gasteiger partial charge in [0.2, 0.25) is 11.8 Å². The molecule has 2 heterocycles. The summed E-state index contributed by atoms with van der Waals surface area (Å²) in [7, 11) is 0. The maximum atomic E-state index is 13.5. The first-order valence-corrected chi connectivity index (χ1v) is 11.9. The summed E-state index contributed by atoms with van der Waals surface area (Å²) < 4.78 is 44.4. The van der Waals surface area contributed by atoms with Crippen LogP contribution in [0.15, 0.2) is 104 Å². The van der Waals surface area contributed by atoms with Crippen LogP contribution in [0.4, 0.5) is 8.78 Å². The van der Waals surface area contributed by atoms with Gasteiger partial charge in [0, 0.05) is 45.0 Å². The fourth-order valence-electron chi connectivity index (χ4n) is 3.50. The zero-order valence-electron chi connectivity index (χ0n) is 17.8. The second-order valence-electron chi connectivity index (χ2n) is 7.55. The lowest BCUT2D eigenvalue weighted by Gasteiger charge is -2.01. The zero-order valence-corrected chi connectivity index (χ0v) is 19.4. The van der Waals surface area contributed by atoms with Gasteiger partial charge in [0.05, 0.1) is 0 Å². The van der Waals surface area contributed by atoms with Gasteiger partial charge in [-0.3, -0.25) is 0 Å². The summed E-state index contributed by atoms with van der Waals surface area (Å²) in [5.74, 6) is 0.0186. The average Bonchev–Trinajstić information content (AvgIpc) is 3.48. The first-order chi connectivity index (χ1) is 17.1. The van der Waals surface area contributed by atoms with E-state index in [0.29, 0.717) is 45.1 Å². The highest BCUT2D eigenvalue weighted by Crippen LogP contribution is 2.34. The van der Waals surface area contributed by atoms with Crippen molar-refractivity contribution in [3.8, 4) is 22.9 Å². The van der Waals surface area contributed by atoms with Crippen LogP contribution >= 0.6 is 24.1 Å². The number of halogens is 2. The lowest BCUT2D eigenvalue weighted by atomic mass is 10.2. The van der Waals surface area contributed by atoms with Crippen molar-refractivity contribution in [3.05, 3.63) is 96.6 Å². The molecule has 0 N–H and O–H groups in total. The quantitative estimate of drug-likeness (QED) is 0.211. The highest BCUT2D eigenvalue weighted by atomic mass is 32.2. The van der Waals surface area contributed by atoms with Gasteiger partial charge < -0.3 is 8.83 Å². The van der Waals surface area contributed by atoms with Crippen LogP contribution in [0.25, 0.3) is 45.1 Å². The normalized spacial score (nSPS) is 11.5.